The lowest BCUT2D eigenvalue weighted by molar-refractivity contribution is 0.126. The van der Waals surface area contributed by atoms with Crippen LogP contribution in [0.25, 0.3) is 0 Å². The first-order chi connectivity index (χ1) is 6.93. The Balaban J connectivity index is 2.96. The molecule has 1 aromatic carbocycles. The maximum atomic E-state index is 10.0. The molecule has 84 valence electrons. The number of aliphatic hydroxyl groups excluding tert-OH is 1. The topological polar surface area (TPSA) is 46.2 Å². The predicted octanol–water partition coefficient (Wildman–Crippen LogP) is 3.12. The van der Waals surface area contributed by atoms with E-state index < -0.39 is 6.10 Å². The molecule has 0 spiro atoms. The van der Waals surface area contributed by atoms with E-state index in [-0.39, 0.29) is 12.0 Å². The van der Waals surface area contributed by atoms with Gasteiger partial charge < -0.3 is 10.8 Å². The zero-order valence-corrected chi connectivity index (χ0v) is 11.1. The molecular formula is C11H15BrClNO. The minimum atomic E-state index is -0.717. The van der Waals surface area contributed by atoms with Gasteiger partial charge in [0.05, 0.1) is 6.10 Å². The minimum Gasteiger partial charge on any atom is -0.387 e. The summed E-state index contributed by atoms with van der Waals surface area (Å²) in [5, 5.41) is 10.5. The Morgan fingerprint density at radius 3 is 2.47 bits per heavy atom. The molecular weight excluding hydrogens is 277 g/mol. The second kappa shape index (κ2) is 5.30. The van der Waals surface area contributed by atoms with Crippen molar-refractivity contribution in [3.05, 3.63) is 33.3 Å². The zero-order valence-electron chi connectivity index (χ0n) is 8.74. The highest BCUT2D eigenvalue weighted by Gasteiger charge is 2.21. The van der Waals surface area contributed by atoms with Crippen molar-refractivity contribution in [1.29, 1.82) is 0 Å². The number of halogens is 2. The van der Waals surface area contributed by atoms with Gasteiger partial charge in [-0.25, -0.2) is 0 Å². The summed E-state index contributed by atoms with van der Waals surface area (Å²) in [6, 6.07) is 5.09. The van der Waals surface area contributed by atoms with Gasteiger partial charge in [0.25, 0.3) is 0 Å². The van der Waals surface area contributed by atoms with Gasteiger partial charge in [-0.15, -0.1) is 0 Å². The Bertz CT molecular complexity index is 343. The average molecular weight is 293 g/mol. The number of hydrogen-bond acceptors (Lipinski definition) is 2. The Morgan fingerprint density at radius 2 is 2.00 bits per heavy atom. The summed E-state index contributed by atoms with van der Waals surface area (Å²) >= 11 is 9.34. The van der Waals surface area contributed by atoms with E-state index in [1.807, 2.05) is 19.9 Å². The fourth-order valence-corrected chi connectivity index (χ4v) is 2.10. The Kier molecular flexibility index (Phi) is 4.59. The van der Waals surface area contributed by atoms with E-state index in [1.165, 1.54) is 0 Å². The molecule has 0 aliphatic heterocycles. The van der Waals surface area contributed by atoms with Crippen LogP contribution < -0.4 is 5.73 Å². The number of nitrogens with two attached hydrogens (primary N) is 1. The van der Waals surface area contributed by atoms with Crippen LogP contribution in [0.15, 0.2) is 22.7 Å². The van der Waals surface area contributed by atoms with Crippen LogP contribution in [0.5, 0.6) is 0 Å². The number of hydrogen-bond donors (Lipinski definition) is 2. The minimum absolute atomic E-state index is 0.208. The lowest BCUT2D eigenvalue weighted by atomic mass is 9.94. The molecule has 0 fully saturated rings. The van der Waals surface area contributed by atoms with E-state index >= 15 is 0 Å². The molecule has 0 bridgehead atoms. The third-order valence-corrected chi connectivity index (χ3v) is 3.24. The maximum absolute atomic E-state index is 10.0. The molecule has 0 saturated carbocycles. The molecule has 0 heterocycles. The molecule has 0 saturated heterocycles. The van der Waals surface area contributed by atoms with Crippen molar-refractivity contribution in [1.82, 2.24) is 0 Å². The number of benzene rings is 1. The van der Waals surface area contributed by atoms with Gasteiger partial charge in [0.2, 0.25) is 0 Å². The summed E-state index contributed by atoms with van der Waals surface area (Å²) in [5.41, 5.74) is 6.56. The standard InChI is InChI=1S/C11H15BrClNO/c1-6(2)10(14)11(15)8-4-3-7(12)5-9(8)13/h3-6,10-11,15H,14H2,1-2H3. The second-order valence-electron chi connectivity index (χ2n) is 3.93. The van der Waals surface area contributed by atoms with Crippen LogP contribution in [0.2, 0.25) is 5.02 Å². The third-order valence-electron chi connectivity index (χ3n) is 2.42. The van der Waals surface area contributed by atoms with E-state index in [0.717, 1.165) is 4.47 Å². The average Bonchev–Trinajstić information content (AvgIpc) is 2.15. The first kappa shape index (κ1) is 13.0. The van der Waals surface area contributed by atoms with Crippen molar-refractivity contribution in [3.8, 4) is 0 Å². The van der Waals surface area contributed by atoms with Crippen molar-refractivity contribution >= 4 is 27.5 Å². The summed E-state index contributed by atoms with van der Waals surface area (Å²) in [6.45, 7) is 3.95. The van der Waals surface area contributed by atoms with Crippen LogP contribution >= 0.6 is 27.5 Å². The van der Waals surface area contributed by atoms with E-state index in [1.54, 1.807) is 12.1 Å². The molecule has 4 heteroatoms. The van der Waals surface area contributed by atoms with Crippen LogP contribution in [0, 0.1) is 5.92 Å². The highest BCUT2D eigenvalue weighted by atomic mass is 79.9. The first-order valence-electron chi connectivity index (χ1n) is 4.82. The van der Waals surface area contributed by atoms with E-state index in [4.69, 9.17) is 17.3 Å². The highest BCUT2D eigenvalue weighted by molar-refractivity contribution is 9.10. The van der Waals surface area contributed by atoms with Crippen LogP contribution in [0.3, 0.4) is 0 Å². The van der Waals surface area contributed by atoms with Gasteiger partial charge in [0.1, 0.15) is 0 Å². The van der Waals surface area contributed by atoms with Crippen LogP contribution in [-0.2, 0) is 0 Å². The molecule has 2 atom stereocenters. The summed E-state index contributed by atoms with van der Waals surface area (Å²) in [5.74, 6) is 0.208. The lowest BCUT2D eigenvalue weighted by Crippen LogP contribution is -2.33. The van der Waals surface area contributed by atoms with Gasteiger partial charge in [-0.3, -0.25) is 0 Å². The van der Waals surface area contributed by atoms with Crippen LogP contribution in [-0.4, -0.2) is 11.1 Å². The quantitative estimate of drug-likeness (QED) is 0.899. The highest BCUT2D eigenvalue weighted by Crippen LogP contribution is 2.29. The fourth-order valence-electron chi connectivity index (χ4n) is 1.31. The molecule has 0 aliphatic carbocycles. The van der Waals surface area contributed by atoms with E-state index in [9.17, 15) is 5.11 Å². The molecule has 2 unspecified atom stereocenters. The summed E-state index contributed by atoms with van der Waals surface area (Å²) < 4.78 is 0.890. The monoisotopic (exact) mass is 291 g/mol. The van der Waals surface area contributed by atoms with Gasteiger partial charge in [0, 0.05) is 21.1 Å². The van der Waals surface area contributed by atoms with Gasteiger partial charge in [-0.2, -0.15) is 0 Å². The fraction of sp³-hybridized carbons (Fsp3) is 0.455. The number of rotatable bonds is 3. The molecule has 2 nitrogen and oxygen atoms in total. The van der Waals surface area contributed by atoms with Gasteiger partial charge in [-0.05, 0) is 18.1 Å². The predicted molar refractivity (Wildman–Crippen MR) is 66.9 cm³/mol. The molecule has 1 rings (SSSR count). The molecule has 0 radical (unpaired) electrons. The van der Waals surface area contributed by atoms with Gasteiger partial charge >= 0.3 is 0 Å². The summed E-state index contributed by atoms with van der Waals surface area (Å²) in [7, 11) is 0. The summed E-state index contributed by atoms with van der Waals surface area (Å²) in [4.78, 5) is 0. The largest absolute Gasteiger partial charge is 0.387 e. The Morgan fingerprint density at radius 1 is 1.40 bits per heavy atom. The Labute approximate surface area is 104 Å². The molecule has 3 N–H and O–H groups in total. The van der Waals surface area contributed by atoms with Crippen molar-refractivity contribution in [2.75, 3.05) is 0 Å². The SMILES string of the molecule is CC(C)C(N)C(O)c1ccc(Br)cc1Cl. The van der Waals surface area contributed by atoms with Crippen molar-refractivity contribution in [3.63, 3.8) is 0 Å². The van der Waals surface area contributed by atoms with Gasteiger partial charge in [-0.1, -0.05) is 47.4 Å². The Hall–Kier alpha value is -0.0900. The molecule has 15 heavy (non-hydrogen) atoms. The van der Waals surface area contributed by atoms with E-state index in [0.29, 0.717) is 10.6 Å². The third kappa shape index (κ3) is 3.18. The molecule has 1 aromatic rings. The van der Waals surface area contributed by atoms with Crippen LogP contribution in [0.1, 0.15) is 25.5 Å². The van der Waals surface area contributed by atoms with E-state index in [2.05, 4.69) is 15.9 Å². The maximum Gasteiger partial charge on any atom is 0.0957 e. The second-order valence-corrected chi connectivity index (χ2v) is 5.25. The van der Waals surface area contributed by atoms with Crippen molar-refractivity contribution in [2.45, 2.75) is 26.0 Å². The smallest absolute Gasteiger partial charge is 0.0957 e. The molecule has 0 aromatic heterocycles. The normalized spacial score (nSPS) is 15.4. The molecule has 0 aliphatic rings. The summed E-state index contributed by atoms with van der Waals surface area (Å²) in [6.07, 6.45) is -0.717. The van der Waals surface area contributed by atoms with Crippen molar-refractivity contribution < 1.29 is 5.11 Å². The number of aliphatic hydroxyl groups is 1. The van der Waals surface area contributed by atoms with Gasteiger partial charge in [0.15, 0.2) is 0 Å². The lowest BCUT2D eigenvalue weighted by Gasteiger charge is -2.23. The molecule has 0 amide bonds. The van der Waals surface area contributed by atoms with Crippen LogP contribution in [0.4, 0.5) is 0 Å². The van der Waals surface area contributed by atoms with Crippen molar-refractivity contribution in [2.24, 2.45) is 11.7 Å². The first-order valence-corrected chi connectivity index (χ1v) is 5.99. The zero-order chi connectivity index (χ0) is 11.6.